The molecule has 21 heavy (non-hydrogen) atoms. The molecule has 0 fully saturated rings. The van der Waals surface area contributed by atoms with E-state index in [9.17, 15) is 0 Å². The molecule has 0 aliphatic heterocycles. The molecule has 2 rings (SSSR count). The Labute approximate surface area is 130 Å². The number of aryl methyl sites for hydroxylation is 1. The summed E-state index contributed by atoms with van der Waals surface area (Å²) in [5.74, 6) is 0.974. The summed E-state index contributed by atoms with van der Waals surface area (Å²) in [5.41, 5.74) is 7.77. The van der Waals surface area contributed by atoms with Crippen LogP contribution in [0.5, 0.6) is 0 Å². The predicted octanol–water partition coefficient (Wildman–Crippen LogP) is 2.67. The molecule has 0 radical (unpaired) electrons. The second kappa shape index (κ2) is 7.33. The zero-order valence-electron chi connectivity index (χ0n) is 12.5. The Bertz CT molecular complexity index is 630. The fourth-order valence-corrected chi connectivity index (χ4v) is 2.39. The van der Waals surface area contributed by atoms with Crippen molar-refractivity contribution in [3.63, 3.8) is 0 Å². The van der Waals surface area contributed by atoms with E-state index in [1.54, 1.807) is 7.11 Å². The van der Waals surface area contributed by atoms with Crippen LogP contribution >= 0.6 is 12.2 Å². The van der Waals surface area contributed by atoms with E-state index in [4.69, 9.17) is 27.7 Å². The first-order valence-electron chi connectivity index (χ1n) is 7.00. The second-order valence-electron chi connectivity index (χ2n) is 5.02. The molecular weight excluding hydrogens is 282 g/mol. The highest BCUT2D eigenvalue weighted by Gasteiger charge is 2.12. The van der Waals surface area contributed by atoms with Gasteiger partial charge in [-0.15, -0.1) is 0 Å². The number of nitrogens with two attached hydrogens (primary N) is 1. The number of ether oxygens (including phenoxy) is 1. The van der Waals surface area contributed by atoms with Gasteiger partial charge in [0.15, 0.2) is 0 Å². The van der Waals surface area contributed by atoms with Gasteiger partial charge >= 0.3 is 0 Å². The van der Waals surface area contributed by atoms with E-state index in [0.717, 1.165) is 35.4 Å². The highest BCUT2D eigenvalue weighted by atomic mass is 32.1. The number of pyridine rings is 1. The summed E-state index contributed by atoms with van der Waals surface area (Å²) in [6.07, 6.45) is 0.674. The lowest BCUT2D eigenvalue weighted by Gasteiger charge is -2.25. The Morgan fingerprint density at radius 3 is 2.81 bits per heavy atom. The van der Waals surface area contributed by atoms with Gasteiger partial charge in [-0.2, -0.15) is 0 Å². The van der Waals surface area contributed by atoms with Crippen LogP contribution in [0.3, 0.4) is 0 Å². The summed E-state index contributed by atoms with van der Waals surface area (Å²) in [4.78, 5) is 7.50. The molecule has 0 saturated carbocycles. The lowest BCUT2D eigenvalue weighted by molar-refractivity contribution is 0.205. The van der Waals surface area contributed by atoms with Gasteiger partial charge in [0.25, 0.3) is 0 Å². The molecule has 0 saturated heterocycles. The van der Waals surface area contributed by atoms with Crippen LogP contribution in [-0.4, -0.2) is 36.8 Å². The van der Waals surface area contributed by atoms with Crippen LogP contribution in [0.2, 0.25) is 0 Å². The number of anilines is 1. The normalized spacial score (nSPS) is 10.8. The van der Waals surface area contributed by atoms with Crippen molar-refractivity contribution in [2.24, 2.45) is 5.73 Å². The Balaban J connectivity index is 2.32. The number of fused-ring (bicyclic) bond motifs is 1. The number of hydrogen-bond donors (Lipinski definition) is 1. The van der Waals surface area contributed by atoms with Gasteiger partial charge in [-0.3, -0.25) is 0 Å². The topological polar surface area (TPSA) is 51.4 Å². The van der Waals surface area contributed by atoms with Gasteiger partial charge in [-0.1, -0.05) is 30.4 Å². The van der Waals surface area contributed by atoms with Crippen LogP contribution in [0, 0.1) is 6.92 Å². The lowest BCUT2D eigenvalue weighted by atomic mass is 10.1. The molecule has 0 aliphatic rings. The van der Waals surface area contributed by atoms with Crippen molar-refractivity contribution >= 4 is 33.9 Å². The van der Waals surface area contributed by atoms with Crippen LogP contribution < -0.4 is 10.6 Å². The third kappa shape index (κ3) is 4.12. The third-order valence-corrected chi connectivity index (χ3v) is 3.58. The van der Waals surface area contributed by atoms with E-state index in [1.807, 2.05) is 18.2 Å². The molecule has 2 aromatic rings. The first-order chi connectivity index (χ1) is 10.1. The third-order valence-electron chi connectivity index (χ3n) is 3.38. The van der Waals surface area contributed by atoms with Crippen molar-refractivity contribution < 1.29 is 4.74 Å². The molecule has 1 heterocycles. The number of rotatable bonds is 7. The van der Waals surface area contributed by atoms with Crippen LogP contribution in [0.4, 0.5) is 5.82 Å². The van der Waals surface area contributed by atoms with Crippen molar-refractivity contribution in [1.29, 1.82) is 0 Å². The number of thiocarbonyl (C=S) groups is 1. The second-order valence-corrected chi connectivity index (χ2v) is 5.54. The Kier molecular flexibility index (Phi) is 5.47. The van der Waals surface area contributed by atoms with Crippen LogP contribution in [-0.2, 0) is 4.74 Å². The molecule has 0 bridgehead atoms. The van der Waals surface area contributed by atoms with E-state index < -0.39 is 0 Å². The van der Waals surface area contributed by atoms with Gasteiger partial charge in [0, 0.05) is 32.0 Å². The minimum absolute atomic E-state index is 0.524. The maximum Gasteiger partial charge on any atom is 0.132 e. The maximum atomic E-state index is 5.63. The number of methoxy groups -OCH3 is 1. The number of aromatic nitrogens is 1. The summed E-state index contributed by atoms with van der Waals surface area (Å²) in [6.45, 7) is 4.25. The van der Waals surface area contributed by atoms with Gasteiger partial charge in [-0.25, -0.2) is 4.98 Å². The molecule has 2 N–H and O–H groups in total. The van der Waals surface area contributed by atoms with Crippen molar-refractivity contribution in [1.82, 2.24) is 4.98 Å². The van der Waals surface area contributed by atoms with Crippen molar-refractivity contribution in [3.8, 4) is 0 Å². The smallest absolute Gasteiger partial charge is 0.132 e. The molecule has 1 aromatic heterocycles. The fourth-order valence-electron chi connectivity index (χ4n) is 2.30. The van der Waals surface area contributed by atoms with E-state index in [1.165, 1.54) is 0 Å². The molecule has 0 amide bonds. The van der Waals surface area contributed by atoms with Gasteiger partial charge in [0.1, 0.15) is 5.82 Å². The highest BCUT2D eigenvalue weighted by molar-refractivity contribution is 7.80. The Morgan fingerprint density at radius 1 is 1.33 bits per heavy atom. The van der Waals surface area contributed by atoms with Crippen molar-refractivity contribution in [3.05, 3.63) is 35.9 Å². The van der Waals surface area contributed by atoms with Gasteiger partial charge in [-0.05, 0) is 24.6 Å². The molecule has 5 heteroatoms. The molecule has 1 aromatic carbocycles. The summed E-state index contributed by atoms with van der Waals surface area (Å²) >= 11 is 4.99. The molecule has 112 valence electrons. The SMILES string of the molecule is COCCN(CCC(N)=S)c1nc2ccccc2cc1C. The van der Waals surface area contributed by atoms with Gasteiger partial charge < -0.3 is 15.4 Å². The largest absolute Gasteiger partial charge is 0.393 e. The minimum atomic E-state index is 0.524. The number of hydrogen-bond acceptors (Lipinski definition) is 4. The maximum absolute atomic E-state index is 5.63. The van der Waals surface area contributed by atoms with E-state index in [2.05, 4.69) is 24.0 Å². The first-order valence-corrected chi connectivity index (χ1v) is 7.41. The number of benzene rings is 1. The molecule has 0 atom stereocenters. The number of para-hydroxylation sites is 1. The standard InChI is InChI=1S/C16H21N3OS/c1-12-11-13-5-3-4-6-14(13)18-16(12)19(9-10-20-2)8-7-15(17)21/h3-6,11H,7-10H2,1-2H3,(H2,17,21). The highest BCUT2D eigenvalue weighted by Crippen LogP contribution is 2.23. The zero-order chi connectivity index (χ0) is 15.2. The molecule has 0 aliphatic carbocycles. The Morgan fingerprint density at radius 2 is 2.10 bits per heavy atom. The average Bonchev–Trinajstić information content (AvgIpc) is 2.47. The van der Waals surface area contributed by atoms with E-state index in [-0.39, 0.29) is 0 Å². The monoisotopic (exact) mass is 303 g/mol. The van der Waals surface area contributed by atoms with Crippen molar-refractivity contribution in [2.75, 3.05) is 31.7 Å². The van der Waals surface area contributed by atoms with E-state index in [0.29, 0.717) is 18.0 Å². The fraction of sp³-hybridized carbons (Fsp3) is 0.375. The van der Waals surface area contributed by atoms with Gasteiger partial charge in [0.05, 0.1) is 17.1 Å². The molecular formula is C16H21N3OS. The average molecular weight is 303 g/mol. The molecule has 0 unspecified atom stereocenters. The summed E-state index contributed by atoms with van der Waals surface area (Å²) < 4.78 is 5.19. The quantitative estimate of drug-likeness (QED) is 0.797. The van der Waals surface area contributed by atoms with Crippen LogP contribution in [0.25, 0.3) is 10.9 Å². The summed E-state index contributed by atoms with van der Waals surface area (Å²) in [6, 6.07) is 10.3. The number of nitrogens with zero attached hydrogens (tertiary/aromatic N) is 2. The van der Waals surface area contributed by atoms with Crippen LogP contribution in [0.15, 0.2) is 30.3 Å². The van der Waals surface area contributed by atoms with Gasteiger partial charge in [0.2, 0.25) is 0 Å². The molecule has 4 nitrogen and oxygen atoms in total. The summed E-state index contributed by atoms with van der Waals surface area (Å²) in [7, 11) is 1.70. The zero-order valence-corrected chi connectivity index (χ0v) is 13.3. The predicted molar refractivity (Wildman–Crippen MR) is 92.0 cm³/mol. The van der Waals surface area contributed by atoms with Crippen molar-refractivity contribution in [2.45, 2.75) is 13.3 Å². The summed E-state index contributed by atoms with van der Waals surface area (Å²) in [5, 5.41) is 1.15. The van der Waals surface area contributed by atoms with E-state index >= 15 is 0 Å². The van der Waals surface area contributed by atoms with Crippen LogP contribution in [0.1, 0.15) is 12.0 Å². The first kappa shape index (κ1) is 15.7. The Hall–Kier alpha value is -1.72. The molecule has 0 spiro atoms. The minimum Gasteiger partial charge on any atom is -0.393 e. The lowest BCUT2D eigenvalue weighted by Crippen LogP contribution is -2.32.